The summed E-state index contributed by atoms with van der Waals surface area (Å²) in [5, 5.41) is -0.963. The Bertz CT molecular complexity index is 191. The van der Waals surface area contributed by atoms with Gasteiger partial charge in [0.05, 0.1) is 0 Å². The van der Waals surface area contributed by atoms with Crippen LogP contribution in [0.2, 0.25) is 0 Å². The summed E-state index contributed by atoms with van der Waals surface area (Å²) in [7, 11) is -6.82. The van der Waals surface area contributed by atoms with Crippen LogP contribution in [0.25, 0.3) is 0 Å². The molecule has 0 aromatic carbocycles. The molecule has 2 unspecified atom stereocenters. The number of hydrogen-bond acceptors (Lipinski definition) is 2. The van der Waals surface area contributed by atoms with Gasteiger partial charge in [-0.15, -0.1) is 0 Å². The molecule has 0 rings (SSSR count). The minimum Gasteiger partial charge on any atom is -0.344 e. The van der Waals surface area contributed by atoms with Gasteiger partial charge in [0, 0.05) is 13.3 Å². The summed E-state index contributed by atoms with van der Waals surface area (Å²) in [5.74, 6) is 0. The highest BCUT2D eigenvalue weighted by atomic mass is 31.2. The Morgan fingerprint density at radius 3 is 1.45 bits per heavy atom. The van der Waals surface area contributed by atoms with Gasteiger partial charge in [0.1, 0.15) is 5.40 Å². The summed E-state index contributed by atoms with van der Waals surface area (Å²) in [5.41, 5.74) is 0. The Balaban J connectivity index is 4.72. The third-order valence-electron chi connectivity index (χ3n) is 1.47. The molecule has 0 aromatic rings. The van der Waals surface area contributed by atoms with E-state index in [1.54, 1.807) is 6.92 Å². The molecule has 0 aliphatic heterocycles. The zero-order valence-corrected chi connectivity index (χ0v) is 8.68. The van der Waals surface area contributed by atoms with E-state index in [1.807, 2.05) is 0 Å². The second-order valence-corrected chi connectivity index (χ2v) is 8.20. The van der Waals surface area contributed by atoms with Crippen molar-refractivity contribution in [2.24, 2.45) is 0 Å². The molecule has 0 spiro atoms. The highest BCUT2D eigenvalue weighted by Crippen LogP contribution is 2.61. The van der Waals surface area contributed by atoms with Crippen molar-refractivity contribution in [2.45, 2.75) is 18.7 Å². The largest absolute Gasteiger partial charge is 0.344 e. The molecule has 0 saturated carbocycles. The average Bonchev–Trinajstić information content (AvgIpc) is 1.56. The predicted octanol–water partition coefficient (Wildman–Crippen LogP) is 1.52. The van der Waals surface area contributed by atoms with Crippen LogP contribution in [0.3, 0.4) is 0 Å². The molecule has 0 aromatic heterocycles. The van der Waals surface area contributed by atoms with Gasteiger partial charge < -0.3 is 9.79 Å². The summed E-state index contributed by atoms with van der Waals surface area (Å²) in [4.78, 5) is 18.1. The lowest BCUT2D eigenvalue weighted by molar-refractivity contribution is 0.455. The lowest BCUT2D eigenvalue weighted by Gasteiger charge is -2.20. The monoisotopic (exact) mass is 200 g/mol. The maximum absolute atomic E-state index is 11.0. The Kier molecular flexibility index (Phi) is 3.52. The molecule has 0 saturated heterocycles. The van der Waals surface area contributed by atoms with Crippen LogP contribution >= 0.6 is 14.7 Å². The van der Waals surface area contributed by atoms with Crippen LogP contribution in [0, 0.1) is 0 Å². The maximum Gasteiger partial charge on any atom is 0.210 e. The van der Waals surface area contributed by atoms with Crippen LogP contribution in [0.15, 0.2) is 0 Å². The van der Waals surface area contributed by atoms with Gasteiger partial charge in [-0.05, 0) is 6.42 Å². The van der Waals surface area contributed by atoms with Crippen molar-refractivity contribution in [1.82, 2.24) is 0 Å². The Morgan fingerprint density at radius 1 is 1.18 bits per heavy atom. The molecule has 0 fully saturated rings. The number of rotatable bonds is 3. The Morgan fingerprint density at radius 2 is 1.45 bits per heavy atom. The molecule has 0 heterocycles. The van der Waals surface area contributed by atoms with Crippen LogP contribution in [0.4, 0.5) is 0 Å². The van der Waals surface area contributed by atoms with E-state index in [0.717, 1.165) is 13.3 Å². The lowest BCUT2D eigenvalue weighted by atomic mass is 10.6. The molecule has 0 aliphatic rings. The van der Waals surface area contributed by atoms with Crippen LogP contribution < -0.4 is 0 Å². The first kappa shape index (κ1) is 11.4. The van der Waals surface area contributed by atoms with Crippen LogP contribution in [-0.2, 0) is 9.13 Å². The van der Waals surface area contributed by atoms with Gasteiger partial charge in [-0.1, -0.05) is 6.92 Å². The van der Waals surface area contributed by atoms with Gasteiger partial charge in [-0.2, -0.15) is 0 Å². The molecule has 6 heteroatoms. The topological polar surface area (TPSA) is 74.6 Å². The first-order chi connectivity index (χ1) is 4.69. The van der Waals surface area contributed by atoms with E-state index in [0.29, 0.717) is 0 Å². The normalized spacial score (nSPS) is 25.2. The average molecular weight is 200 g/mol. The van der Waals surface area contributed by atoms with E-state index in [2.05, 4.69) is 0 Å². The fourth-order valence-electron chi connectivity index (χ4n) is 1.08. The molecule has 2 atom stereocenters. The van der Waals surface area contributed by atoms with Crippen molar-refractivity contribution in [2.75, 3.05) is 13.3 Å². The van der Waals surface area contributed by atoms with Gasteiger partial charge in [0.2, 0.25) is 14.7 Å². The Labute approximate surface area is 66.5 Å². The third kappa shape index (κ3) is 3.53. The molecular weight excluding hydrogens is 186 g/mol. The quantitative estimate of drug-likeness (QED) is 0.677. The molecule has 0 radical (unpaired) electrons. The van der Waals surface area contributed by atoms with Crippen molar-refractivity contribution in [3.8, 4) is 0 Å². The van der Waals surface area contributed by atoms with Gasteiger partial charge in [-0.25, -0.2) is 0 Å². The van der Waals surface area contributed by atoms with Gasteiger partial charge in [-0.3, -0.25) is 9.13 Å². The van der Waals surface area contributed by atoms with E-state index in [9.17, 15) is 9.13 Å². The van der Waals surface area contributed by atoms with Crippen LogP contribution in [0.5, 0.6) is 0 Å². The molecule has 11 heavy (non-hydrogen) atoms. The zero-order chi connectivity index (χ0) is 9.28. The first-order valence-corrected chi connectivity index (χ1v) is 7.64. The second-order valence-electron chi connectivity index (χ2n) is 2.78. The molecule has 2 N–H and O–H groups in total. The third-order valence-corrected chi connectivity index (χ3v) is 6.98. The fourth-order valence-corrected chi connectivity index (χ4v) is 5.61. The van der Waals surface area contributed by atoms with E-state index in [1.165, 1.54) is 0 Å². The van der Waals surface area contributed by atoms with Crippen molar-refractivity contribution in [3.05, 3.63) is 0 Å². The fraction of sp³-hybridized carbons (Fsp3) is 1.00. The van der Waals surface area contributed by atoms with E-state index >= 15 is 0 Å². The molecule has 0 bridgehead atoms. The van der Waals surface area contributed by atoms with Gasteiger partial charge >= 0.3 is 0 Å². The smallest absolute Gasteiger partial charge is 0.210 e. The first-order valence-electron chi connectivity index (χ1n) is 3.29. The second kappa shape index (κ2) is 3.40. The summed E-state index contributed by atoms with van der Waals surface area (Å²) in [6, 6.07) is 0. The SMILES string of the molecule is CCC(P(C)(=O)O)P(C)(=O)O. The standard InChI is InChI=1S/C5H14O4P2/c1-4-5(10(2,6)7)11(3,8)9/h5H,4H2,1-3H3,(H,6,7)(H,8,9). The van der Waals surface area contributed by atoms with Gasteiger partial charge in [0.15, 0.2) is 0 Å². The summed E-state index contributed by atoms with van der Waals surface area (Å²) < 4.78 is 22.0. The highest BCUT2D eigenvalue weighted by molar-refractivity contribution is 7.75. The number of hydrogen-bond donors (Lipinski definition) is 2. The lowest BCUT2D eigenvalue weighted by Crippen LogP contribution is -2.06. The minimum absolute atomic E-state index is 0.258. The molecular formula is C5H14O4P2. The highest BCUT2D eigenvalue weighted by Gasteiger charge is 2.36. The zero-order valence-electron chi connectivity index (χ0n) is 6.89. The molecule has 0 aliphatic carbocycles. The van der Waals surface area contributed by atoms with E-state index in [-0.39, 0.29) is 6.42 Å². The van der Waals surface area contributed by atoms with Crippen molar-refractivity contribution < 1.29 is 18.9 Å². The predicted molar refractivity (Wildman–Crippen MR) is 45.6 cm³/mol. The summed E-state index contributed by atoms with van der Waals surface area (Å²) in [6.45, 7) is 3.87. The van der Waals surface area contributed by atoms with Gasteiger partial charge in [0.25, 0.3) is 0 Å². The van der Waals surface area contributed by atoms with E-state index < -0.39 is 20.1 Å². The summed E-state index contributed by atoms with van der Waals surface area (Å²) in [6.07, 6.45) is 0.258. The minimum atomic E-state index is -3.41. The van der Waals surface area contributed by atoms with Crippen molar-refractivity contribution in [1.29, 1.82) is 0 Å². The van der Waals surface area contributed by atoms with Crippen LogP contribution in [0.1, 0.15) is 13.3 Å². The maximum atomic E-state index is 11.0. The van der Waals surface area contributed by atoms with Crippen molar-refractivity contribution in [3.63, 3.8) is 0 Å². The van der Waals surface area contributed by atoms with E-state index in [4.69, 9.17) is 9.79 Å². The summed E-state index contributed by atoms with van der Waals surface area (Å²) >= 11 is 0. The molecule has 68 valence electrons. The van der Waals surface area contributed by atoms with Crippen molar-refractivity contribution >= 4 is 14.7 Å². The molecule has 4 nitrogen and oxygen atoms in total. The Hall–Kier alpha value is 0.380. The van der Waals surface area contributed by atoms with Crippen LogP contribution in [-0.4, -0.2) is 28.5 Å². The molecule has 0 amide bonds.